The van der Waals surface area contributed by atoms with E-state index in [4.69, 9.17) is 29.5 Å². The van der Waals surface area contributed by atoms with Crippen molar-refractivity contribution < 1.29 is 97.8 Å². The Morgan fingerprint density at radius 1 is 0.450 bits per heavy atom. The minimum Gasteiger partial charge on any atom is -0.487 e. The number of rotatable bonds is 17. The summed E-state index contributed by atoms with van der Waals surface area (Å²) in [6.07, 6.45) is -3.13. The molecule has 21 nitrogen and oxygen atoms in total. The second-order valence-corrected chi connectivity index (χ2v) is 29.2. The third kappa shape index (κ3) is 18.6. The molecule has 6 aromatic carbocycles. The Balaban J connectivity index is 0.000000165. The lowest BCUT2D eigenvalue weighted by atomic mass is 9.72. The van der Waals surface area contributed by atoms with Gasteiger partial charge in [-0.25, -0.2) is 14.4 Å². The third-order valence-corrected chi connectivity index (χ3v) is 20.8. The smallest absolute Gasteiger partial charge is 0.416 e. The van der Waals surface area contributed by atoms with Crippen LogP contribution in [0.25, 0.3) is 16.7 Å². The summed E-state index contributed by atoms with van der Waals surface area (Å²) in [6.45, 7) is 9.88. The molecule has 0 unspecified atom stereocenters. The Labute approximate surface area is 635 Å². The molecular weight excluding hydrogens is 1460 g/mol. The molecule has 1 fully saturated rings. The van der Waals surface area contributed by atoms with Gasteiger partial charge in [-0.05, 0) is 171 Å². The van der Waals surface area contributed by atoms with Gasteiger partial charge < -0.3 is 60.2 Å². The number of halogens is 9. The molecule has 1 spiro atoms. The number of nitrogens with zero attached hydrogens (tertiary/aromatic N) is 6. The topological polar surface area (TPSA) is 246 Å². The minimum absolute atomic E-state index is 0.00144. The average Bonchev–Trinajstić information content (AvgIpc) is 0.763. The van der Waals surface area contributed by atoms with Gasteiger partial charge in [0.2, 0.25) is 17.7 Å². The highest BCUT2D eigenvalue weighted by Crippen LogP contribution is 2.52. The molecule has 0 saturated heterocycles. The number of alkyl halides is 9. The first kappa shape index (κ1) is 81.4. The molecular formula is C81H88F9N9O12. The predicted molar refractivity (Wildman–Crippen MR) is 401 cm³/mol. The van der Waals surface area contributed by atoms with E-state index in [-0.39, 0.29) is 55.2 Å². The van der Waals surface area contributed by atoms with Crippen LogP contribution in [-0.4, -0.2) is 143 Å². The van der Waals surface area contributed by atoms with Crippen LogP contribution in [0.1, 0.15) is 148 Å². The molecule has 111 heavy (non-hydrogen) atoms. The van der Waals surface area contributed by atoms with Gasteiger partial charge in [0.1, 0.15) is 34.1 Å². The first-order chi connectivity index (χ1) is 52.5. The summed E-state index contributed by atoms with van der Waals surface area (Å²) >= 11 is 0. The Bertz CT molecular complexity index is 4660. The number of aliphatic hydroxyl groups is 3. The lowest BCUT2D eigenvalue weighted by Crippen LogP contribution is -2.45. The van der Waals surface area contributed by atoms with Crippen LogP contribution in [-0.2, 0) is 52.5 Å². The van der Waals surface area contributed by atoms with Crippen molar-refractivity contribution in [2.24, 2.45) is 0 Å². The fraction of sp³-hybridized carbons (Fsp3) is 0.407. The first-order valence-electron chi connectivity index (χ1n) is 36.5. The second kappa shape index (κ2) is 32.8. The van der Waals surface area contributed by atoms with E-state index < -0.39 is 69.7 Å². The van der Waals surface area contributed by atoms with Crippen LogP contribution >= 0.6 is 0 Å². The number of urea groups is 3. The van der Waals surface area contributed by atoms with E-state index >= 15 is 0 Å². The summed E-state index contributed by atoms with van der Waals surface area (Å²) in [6, 6.07) is 25.4. The zero-order valence-electron chi connectivity index (χ0n) is 62.4. The quantitative estimate of drug-likeness (QED) is 0.0369. The van der Waals surface area contributed by atoms with Crippen LogP contribution in [0.15, 0.2) is 127 Å². The summed E-state index contributed by atoms with van der Waals surface area (Å²) in [4.78, 5) is 86.5. The molecule has 1 saturated carbocycles. The average molecular weight is 1550 g/mol. The van der Waals surface area contributed by atoms with E-state index in [1.807, 2.05) is 32.0 Å². The van der Waals surface area contributed by atoms with E-state index in [1.54, 1.807) is 86.1 Å². The molecule has 0 atom stereocenters. The monoisotopic (exact) mass is 1550 g/mol. The molecule has 6 aromatic rings. The minimum atomic E-state index is -4.50. The number of fused-ring (bicyclic) bond motifs is 6. The van der Waals surface area contributed by atoms with Crippen LogP contribution in [0.2, 0.25) is 0 Å². The molecule has 0 radical (unpaired) electrons. The number of amides is 9. The molecule has 1 aliphatic carbocycles. The summed E-state index contributed by atoms with van der Waals surface area (Å²) in [5.74, 6) is -0.926. The Hall–Kier alpha value is -10.6. The number of carbonyl (C=O) groups is 6. The van der Waals surface area contributed by atoms with Crippen molar-refractivity contribution in [3.05, 3.63) is 177 Å². The van der Waals surface area contributed by atoms with E-state index in [1.165, 1.54) is 51.1 Å². The van der Waals surface area contributed by atoms with E-state index in [9.17, 15) is 68.3 Å². The number of ether oxygens (including phenoxy) is 3. The number of anilines is 6. The summed E-state index contributed by atoms with van der Waals surface area (Å²) < 4.78 is 137. The lowest BCUT2D eigenvalue weighted by Gasteiger charge is -2.46. The molecule has 592 valence electrons. The predicted octanol–water partition coefficient (Wildman–Crippen LogP) is 16.1. The molecule has 13 rings (SSSR count). The van der Waals surface area contributed by atoms with E-state index in [0.717, 1.165) is 72.4 Å². The fourth-order valence-electron chi connectivity index (χ4n) is 14.7. The molecule has 30 heteroatoms. The molecule has 0 aromatic heterocycles. The van der Waals surface area contributed by atoms with Crippen LogP contribution in [0.4, 0.5) is 88.0 Å². The SMILES string of the molecule is CCC1(CC)C/C(=C\C(=O)Nc2ccc3c(c2)N(C)C(=O)N(CCCO)C3)c2ccc(C(F)(F)F)cc2O1.CN1C(=O)N(CCCO)Cc2ccc(NC(=O)/C=C3\CC(C)(C)Oc4cc(C(F)(F)F)ccc43)cc21.CN1C(=O)N(CCCO)Cc2ccc(NC(=O)/C=C3\CC4(CCC4)Oc4cc(C(F)(F)F)ccc43)cc21. The van der Waals surface area contributed by atoms with Gasteiger partial charge in [0.25, 0.3) is 0 Å². The van der Waals surface area contributed by atoms with Crippen LogP contribution < -0.4 is 44.9 Å². The van der Waals surface area contributed by atoms with E-state index in [0.29, 0.717) is 158 Å². The highest BCUT2D eigenvalue weighted by molar-refractivity contribution is 6.08. The lowest BCUT2D eigenvalue weighted by molar-refractivity contribution is -0.138. The number of carbonyl (C=O) groups excluding carboxylic acids is 6. The summed E-state index contributed by atoms with van der Waals surface area (Å²) in [5.41, 5.74) is 4.97. The zero-order valence-corrected chi connectivity index (χ0v) is 62.4. The van der Waals surface area contributed by atoms with Gasteiger partial charge in [0.05, 0.1) is 33.8 Å². The van der Waals surface area contributed by atoms with Crippen LogP contribution in [0.5, 0.6) is 17.2 Å². The third-order valence-electron chi connectivity index (χ3n) is 20.8. The number of hydrogen-bond donors (Lipinski definition) is 6. The maximum Gasteiger partial charge on any atom is 0.416 e. The molecule has 6 heterocycles. The summed E-state index contributed by atoms with van der Waals surface area (Å²) in [7, 11) is 4.96. The van der Waals surface area contributed by atoms with Gasteiger partial charge >= 0.3 is 36.6 Å². The Morgan fingerprint density at radius 2 is 0.775 bits per heavy atom. The van der Waals surface area contributed by atoms with Gasteiger partial charge in [-0.1, -0.05) is 50.2 Å². The van der Waals surface area contributed by atoms with Crippen molar-refractivity contribution in [2.45, 2.75) is 153 Å². The van der Waals surface area contributed by atoms with Crippen molar-refractivity contribution in [1.29, 1.82) is 0 Å². The number of hydrogen-bond acceptors (Lipinski definition) is 12. The molecule has 6 N–H and O–H groups in total. The standard InChI is InChI=1S/C28H32F3N3O4.C27H28F3N3O4.C26H28F3N3O4/c1-4-27(5-2)16-19(22-10-8-20(28(29,30)31)14-24(22)38-27)13-25(36)32-21-9-7-18-17-34(11-6-12-35)26(37)33(3)23(18)15-21;1-32-22-14-20(6-4-17(22)16-33(25(32)36)10-3-11-34)31-24(35)12-18-15-26(8-2-9-26)37-23-13-19(27(28,29)30)5-7-21(18)23;1-25(2)14-17(20-8-6-18(26(27,28)29)12-22(20)36-25)11-23(34)30-19-7-5-16-15-32(9-4-10-33)24(35)31(3)21(16)13-19/h7-10,13-15,35H,4-6,11-12,16-17H2,1-3H3,(H,32,36);4-7,12-14,34H,2-3,8-11,15-16H2,1H3,(H,31,35);5-8,11-13,33H,4,9-10,14-15H2,1-3H3,(H,30,34)/b19-13+;18-12+;17-11+. The first-order valence-corrected chi connectivity index (χ1v) is 36.5. The number of aliphatic hydroxyl groups excluding tert-OH is 3. The highest BCUT2D eigenvalue weighted by atomic mass is 19.4. The van der Waals surface area contributed by atoms with Crippen LogP contribution in [0.3, 0.4) is 0 Å². The largest absolute Gasteiger partial charge is 0.487 e. The van der Waals surface area contributed by atoms with Crippen LogP contribution in [0, 0.1) is 0 Å². The molecule has 6 aliphatic heterocycles. The highest BCUT2D eigenvalue weighted by Gasteiger charge is 2.46. The molecule has 7 aliphatic rings. The van der Waals surface area contributed by atoms with Gasteiger partial charge in [0, 0.05) is 151 Å². The Kier molecular flexibility index (Phi) is 24.0. The van der Waals surface area contributed by atoms with Gasteiger partial charge in [-0.15, -0.1) is 0 Å². The van der Waals surface area contributed by atoms with Gasteiger partial charge in [-0.3, -0.25) is 29.1 Å². The number of benzene rings is 6. The van der Waals surface area contributed by atoms with Crippen molar-refractivity contribution in [2.75, 3.05) is 91.2 Å². The normalized spacial score (nSPS) is 18.3. The van der Waals surface area contributed by atoms with Crippen molar-refractivity contribution >= 4 is 86.7 Å². The van der Waals surface area contributed by atoms with E-state index in [2.05, 4.69) is 16.0 Å². The maximum absolute atomic E-state index is 13.3. The van der Waals surface area contributed by atoms with Crippen molar-refractivity contribution in [3.63, 3.8) is 0 Å². The van der Waals surface area contributed by atoms with Gasteiger partial charge in [-0.2, -0.15) is 39.5 Å². The summed E-state index contributed by atoms with van der Waals surface area (Å²) in [5, 5.41) is 35.7. The Morgan fingerprint density at radius 3 is 1.09 bits per heavy atom. The van der Waals surface area contributed by atoms with Gasteiger partial charge in [0.15, 0.2) is 0 Å². The second-order valence-electron chi connectivity index (χ2n) is 29.2. The molecule has 9 amide bonds. The molecule has 0 bridgehead atoms. The van der Waals surface area contributed by atoms with Crippen molar-refractivity contribution in [3.8, 4) is 17.2 Å². The maximum atomic E-state index is 13.3. The zero-order chi connectivity index (χ0) is 80.3. The fourth-order valence-corrected chi connectivity index (χ4v) is 14.7. The number of nitrogens with one attached hydrogen (secondary N) is 3. The van der Waals surface area contributed by atoms with Crippen molar-refractivity contribution in [1.82, 2.24) is 14.7 Å².